The molecule has 0 unspecified atom stereocenters. The number of carboxylic acid groups (broad SMARTS) is 1. The van der Waals surface area contributed by atoms with Gasteiger partial charge in [0, 0.05) is 23.6 Å². The zero-order valence-corrected chi connectivity index (χ0v) is 31.5. The molecule has 260 valence electrons. The Hall–Kier alpha value is -4.90. The number of ether oxygens (including phenoxy) is 3. The second kappa shape index (κ2) is 18.9. The third-order valence-corrected chi connectivity index (χ3v) is 12.0. The first-order chi connectivity index (χ1) is 24.4. The molecule has 0 spiro atoms. The normalized spacial score (nSPS) is 10.0. The minimum atomic E-state index is -1.11. The van der Waals surface area contributed by atoms with E-state index < -0.39 is 23.9 Å². The number of para-hydroxylation sites is 2. The van der Waals surface area contributed by atoms with Gasteiger partial charge in [-0.25, -0.2) is 9.59 Å². The summed E-state index contributed by atoms with van der Waals surface area (Å²) in [7, 11) is 6.42. The number of carbonyl (C=O) groups is 4. The average Bonchev–Trinajstić information content (AvgIpc) is 3.74. The number of phenols is 1. The molecule has 51 heavy (non-hydrogen) atoms. The van der Waals surface area contributed by atoms with E-state index in [1.807, 2.05) is 36.4 Å². The van der Waals surface area contributed by atoms with Crippen LogP contribution in [0.1, 0.15) is 34.6 Å². The molecule has 9 nitrogen and oxygen atoms in total. The van der Waals surface area contributed by atoms with Crippen molar-refractivity contribution in [1.29, 1.82) is 0 Å². The first-order valence-corrected chi connectivity index (χ1v) is 19.6. The SMILES string of the molecule is CC(=O)Oc1ccccc1C(=O)O.CC(=O)Oc1ccccc1C(=O)Oc1ccc(-c2cc(=S)ss2)cc1.Oc1ccc(-c2cc(=S)ss2)cc1. The van der Waals surface area contributed by atoms with Crippen molar-refractivity contribution in [1.82, 2.24) is 0 Å². The predicted octanol–water partition coefficient (Wildman–Crippen LogP) is 10.6. The molecule has 4 aromatic carbocycles. The van der Waals surface area contributed by atoms with E-state index in [4.69, 9.17) is 44.1 Å². The Kier molecular flexibility index (Phi) is 14.4. The summed E-state index contributed by atoms with van der Waals surface area (Å²) in [6.45, 7) is 2.50. The molecule has 6 aromatic rings. The lowest BCUT2D eigenvalue weighted by Gasteiger charge is -2.09. The molecule has 2 heterocycles. The van der Waals surface area contributed by atoms with Gasteiger partial charge < -0.3 is 24.4 Å². The lowest BCUT2D eigenvalue weighted by atomic mass is 10.2. The van der Waals surface area contributed by atoms with Gasteiger partial charge in [0.1, 0.15) is 41.8 Å². The maximum absolute atomic E-state index is 12.4. The summed E-state index contributed by atoms with van der Waals surface area (Å²) in [5, 5.41) is 17.8. The number of hydrogen-bond donors (Lipinski definition) is 2. The molecule has 0 aliphatic rings. The summed E-state index contributed by atoms with van der Waals surface area (Å²) in [5.41, 5.74) is 2.29. The fraction of sp³-hybridized carbons (Fsp3) is 0.0556. The smallest absolute Gasteiger partial charge is 0.347 e. The van der Waals surface area contributed by atoms with Crippen LogP contribution in [0, 0.1) is 7.65 Å². The van der Waals surface area contributed by atoms with Crippen LogP contribution in [0.25, 0.3) is 20.9 Å². The van der Waals surface area contributed by atoms with Gasteiger partial charge in [-0.15, -0.1) is 0 Å². The Morgan fingerprint density at radius 2 is 1.00 bits per heavy atom. The van der Waals surface area contributed by atoms with E-state index in [2.05, 4.69) is 4.74 Å². The maximum atomic E-state index is 12.4. The zero-order chi connectivity index (χ0) is 36.9. The van der Waals surface area contributed by atoms with Crippen molar-refractivity contribution in [2.45, 2.75) is 13.8 Å². The van der Waals surface area contributed by atoms with Gasteiger partial charge in [-0.05, 0) is 96.1 Å². The minimum absolute atomic E-state index is 0.0160. The van der Waals surface area contributed by atoms with E-state index in [1.54, 1.807) is 102 Å². The summed E-state index contributed by atoms with van der Waals surface area (Å²) in [5.74, 6) is -1.78. The van der Waals surface area contributed by atoms with Gasteiger partial charge in [0.25, 0.3) is 0 Å². The first-order valence-electron chi connectivity index (χ1n) is 14.5. The summed E-state index contributed by atoms with van der Waals surface area (Å²) in [4.78, 5) is 46.9. The second-order valence-corrected chi connectivity index (χ2v) is 15.8. The van der Waals surface area contributed by atoms with Crippen LogP contribution in [-0.2, 0) is 9.59 Å². The third kappa shape index (κ3) is 12.1. The molecular weight excluding hydrogens is 769 g/mol. The van der Waals surface area contributed by atoms with Crippen molar-refractivity contribution in [2.75, 3.05) is 0 Å². The molecule has 2 aromatic heterocycles. The molecule has 15 heteroatoms. The van der Waals surface area contributed by atoms with Crippen LogP contribution in [0.4, 0.5) is 0 Å². The first kappa shape index (κ1) is 38.9. The molecule has 0 radical (unpaired) electrons. The molecule has 0 aliphatic heterocycles. The van der Waals surface area contributed by atoms with Crippen molar-refractivity contribution in [3.05, 3.63) is 128 Å². The van der Waals surface area contributed by atoms with Crippen molar-refractivity contribution < 1.29 is 43.6 Å². The molecule has 0 bridgehead atoms. The van der Waals surface area contributed by atoms with Crippen LogP contribution in [0.5, 0.6) is 23.0 Å². The Morgan fingerprint density at radius 1 is 0.569 bits per heavy atom. The number of hydrogen-bond acceptors (Lipinski definition) is 14. The molecule has 0 atom stereocenters. The fourth-order valence-corrected chi connectivity index (χ4v) is 8.79. The molecule has 6 rings (SSSR count). The number of phenolic OH excluding ortho intramolecular Hbond substituents is 1. The quantitative estimate of drug-likeness (QED) is 0.0691. The van der Waals surface area contributed by atoms with Crippen LogP contribution in [0.3, 0.4) is 0 Å². The van der Waals surface area contributed by atoms with E-state index in [0.717, 1.165) is 28.5 Å². The van der Waals surface area contributed by atoms with E-state index in [-0.39, 0.29) is 22.6 Å². The number of aromatic hydroxyl groups is 1. The lowest BCUT2D eigenvalue weighted by molar-refractivity contribution is -0.132. The molecule has 0 amide bonds. The Morgan fingerprint density at radius 3 is 1.43 bits per heavy atom. The van der Waals surface area contributed by atoms with Crippen LogP contribution in [0.2, 0.25) is 0 Å². The average molecular weight is 795 g/mol. The Balaban J connectivity index is 0.000000189. The van der Waals surface area contributed by atoms with Crippen molar-refractivity contribution >= 4 is 89.7 Å². The maximum Gasteiger partial charge on any atom is 0.347 e. The Bertz CT molecular complexity index is 2250. The van der Waals surface area contributed by atoms with Crippen molar-refractivity contribution in [3.63, 3.8) is 0 Å². The summed E-state index contributed by atoms with van der Waals surface area (Å²) >= 11 is 10.2. The highest BCUT2D eigenvalue weighted by atomic mass is 32.9. The number of benzene rings is 4. The lowest BCUT2D eigenvalue weighted by Crippen LogP contribution is -2.12. The van der Waals surface area contributed by atoms with Crippen molar-refractivity contribution in [3.8, 4) is 43.9 Å². The van der Waals surface area contributed by atoms with Gasteiger partial charge in [0.05, 0.1) is 0 Å². The Labute approximate surface area is 317 Å². The van der Waals surface area contributed by atoms with Gasteiger partial charge in [-0.3, -0.25) is 9.59 Å². The standard InChI is InChI=1S/C18H12O4S3.C9H8O4.C9H6OS3/c1-11(19)21-15-5-3-2-4-14(15)18(20)22-13-8-6-12(7-9-13)16-10-17(23)25-24-16;1-6(10)13-8-5-3-2-4-7(8)9(11)12;10-7-3-1-6(2-4-7)8-5-9(11)13-12-8/h2-10H,1H3;2-5H,1H3,(H,11,12);1-5,10H. The van der Waals surface area contributed by atoms with Crippen LogP contribution in [0.15, 0.2) is 109 Å². The van der Waals surface area contributed by atoms with Gasteiger partial charge in [0.15, 0.2) is 0 Å². The monoisotopic (exact) mass is 794 g/mol. The zero-order valence-electron chi connectivity index (χ0n) is 26.6. The number of rotatable bonds is 7. The fourth-order valence-electron chi connectivity index (χ4n) is 3.99. The highest BCUT2D eigenvalue weighted by Crippen LogP contribution is 2.32. The van der Waals surface area contributed by atoms with Gasteiger partial charge >= 0.3 is 23.9 Å². The van der Waals surface area contributed by atoms with Crippen LogP contribution >= 0.6 is 65.8 Å². The molecule has 0 saturated heterocycles. The number of carboxylic acids is 1. The van der Waals surface area contributed by atoms with Gasteiger partial charge in [0.2, 0.25) is 0 Å². The predicted molar refractivity (Wildman–Crippen MR) is 206 cm³/mol. The van der Waals surface area contributed by atoms with E-state index >= 15 is 0 Å². The topological polar surface area (TPSA) is 136 Å². The molecular formula is C36H26O9S6. The van der Waals surface area contributed by atoms with Crippen LogP contribution < -0.4 is 14.2 Å². The van der Waals surface area contributed by atoms with Gasteiger partial charge in [-0.2, -0.15) is 0 Å². The molecule has 0 aliphatic carbocycles. The highest BCUT2D eigenvalue weighted by molar-refractivity contribution is 7.80. The van der Waals surface area contributed by atoms with Crippen LogP contribution in [-0.4, -0.2) is 34.1 Å². The number of esters is 3. The number of carbonyl (C=O) groups excluding carboxylic acids is 3. The summed E-state index contributed by atoms with van der Waals surface area (Å²) < 4.78 is 16.9. The van der Waals surface area contributed by atoms with E-state index in [9.17, 15) is 19.2 Å². The number of aromatic carboxylic acids is 1. The summed E-state index contributed by atoms with van der Waals surface area (Å²) in [6, 6.07) is 30.7. The van der Waals surface area contributed by atoms with E-state index in [0.29, 0.717) is 11.5 Å². The van der Waals surface area contributed by atoms with Gasteiger partial charge in [-0.1, -0.05) is 90.1 Å². The van der Waals surface area contributed by atoms with Crippen molar-refractivity contribution in [2.24, 2.45) is 0 Å². The third-order valence-electron chi connectivity index (χ3n) is 6.16. The molecule has 0 fully saturated rings. The largest absolute Gasteiger partial charge is 0.508 e. The van der Waals surface area contributed by atoms with E-state index in [1.165, 1.54) is 26.0 Å². The highest BCUT2D eigenvalue weighted by Gasteiger charge is 2.16. The molecule has 0 saturated carbocycles. The molecule has 2 N–H and O–H groups in total. The second-order valence-electron chi connectivity index (χ2n) is 9.93. The minimum Gasteiger partial charge on any atom is -0.508 e. The summed E-state index contributed by atoms with van der Waals surface area (Å²) in [6.07, 6.45) is 0.